The Kier molecular flexibility index (Phi) is 3.79. The van der Waals surface area contributed by atoms with Crippen molar-refractivity contribution in [2.75, 3.05) is 13.7 Å². The van der Waals surface area contributed by atoms with Crippen molar-refractivity contribution in [3.05, 3.63) is 29.8 Å². The molecule has 0 radical (unpaired) electrons. The molecular weight excluding hydrogens is 234 g/mol. The van der Waals surface area contributed by atoms with Gasteiger partial charge in [0, 0.05) is 11.6 Å². The van der Waals surface area contributed by atoms with Crippen LogP contribution in [0.15, 0.2) is 24.3 Å². The predicted octanol–water partition coefficient (Wildman–Crippen LogP) is 3.78. The van der Waals surface area contributed by atoms with Crippen LogP contribution in [0, 0.1) is 17.8 Å². The van der Waals surface area contributed by atoms with Crippen molar-refractivity contribution in [2.45, 2.75) is 38.6 Å². The van der Waals surface area contributed by atoms with Crippen molar-refractivity contribution >= 4 is 0 Å². The van der Waals surface area contributed by atoms with E-state index in [0.717, 1.165) is 23.5 Å². The van der Waals surface area contributed by atoms with Crippen LogP contribution in [0.3, 0.4) is 0 Å². The summed E-state index contributed by atoms with van der Waals surface area (Å²) in [4.78, 5) is 0. The highest BCUT2D eigenvalue weighted by molar-refractivity contribution is 5.35. The number of hydrogen-bond donors (Lipinski definition) is 1. The van der Waals surface area contributed by atoms with Gasteiger partial charge in [-0.25, -0.2) is 0 Å². The maximum atomic E-state index is 5.45. The van der Waals surface area contributed by atoms with E-state index in [2.05, 4.69) is 24.4 Å². The molecule has 3 rings (SSSR count). The minimum atomic E-state index is 0.371. The van der Waals surface area contributed by atoms with Crippen LogP contribution in [-0.2, 0) is 0 Å². The molecule has 4 atom stereocenters. The summed E-state index contributed by atoms with van der Waals surface area (Å²) in [5.74, 6) is 3.95. The fourth-order valence-electron chi connectivity index (χ4n) is 4.09. The maximum Gasteiger partial charge on any atom is 0.123 e. The minimum absolute atomic E-state index is 0.371. The second-order valence-electron chi connectivity index (χ2n) is 6.31. The molecule has 2 saturated carbocycles. The smallest absolute Gasteiger partial charge is 0.123 e. The second-order valence-corrected chi connectivity index (χ2v) is 6.31. The Hall–Kier alpha value is -1.02. The summed E-state index contributed by atoms with van der Waals surface area (Å²) in [7, 11) is 1.75. The number of hydrogen-bond acceptors (Lipinski definition) is 2. The molecule has 2 heteroatoms. The van der Waals surface area contributed by atoms with Crippen LogP contribution in [0.25, 0.3) is 0 Å². The molecule has 0 amide bonds. The number of benzene rings is 1. The number of ether oxygens (including phenoxy) is 1. The van der Waals surface area contributed by atoms with E-state index in [1.807, 2.05) is 12.1 Å². The van der Waals surface area contributed by atoms with Crippen LogP contribution < -0.4 is 10.1 Å². The largest absolute Gasteiger partial charge is 0.496 e. The summed E-state index contributed by atoms with van der Waals surface area (Å²) in [6, 6.07) is 8.70. The molecule has 2 aliphatic carbocycles. The highest BCUT2D eigenvalue weighted by atomic mass is 16.5. The third-order valence-electron chi connectivity index (χ3n) is 5.18. The van der Waals surface area contributed by atoms with E-state index in [1.54, 1.807) is 7.11 Å². The number of nitrogens with one attached hydrogen (secondary N) is 1. The van der Waals surface area contributed by atoms with Crippen LogP contribution in [-0.4, -0.2) is 13.7 Å². The molecule has 2 bridgehead atoms. The van der Waals surface area contributed by atoms with Crippen LogP contribution in [0.4, 0.5) is 0 Å². The van der Waals surface area contributed by atoms with Gasteiger partial charge in [0.2, 0.25) is 0 Å². The third kappa shape index (κ3) is 2.64. The first-order chi connectivity index (χ1) is 9.28. The lowest BCUT2D eigenvalue weighted by atomic mass is 9.88. The van der Waals surface area contributed by atoms with Gasteiger partial charge in [0.1, 0.15) is 5.75 Å². The van der Waals surface area contributed by atoms with Crippen molar-refractivity contribution in [3.63, 3.8) is 0 Å². The van der Waals surface area contributed by atoms with Crippen molar-refractivity contribution in [1.29, 1.82) is 0 Å². The minimum Gasteiger partial charge on any atom is -0.496 e. The molecule has 19 heavy (non-hydrogen) atoms. The SMILES string of the molecule is COc1ccccc1[C@H](C)NCC1CC2CCC1C2. The quantitative estimate of drug-likeness (QED) is 0.869. The van der Waals surface area contributed by atoms with Crippen molar-refractivity contribution in [2.24, 2.45) is 17.8 Å². The molecule has 0 aliphatic heterocycles. The predicted molar refractivity (Wildman–Crippen MR) is 78.3 cm³/mol. The summed E-state index contributed by atoms with van der Waals surface area (Å²) in [5.41, 5.74) is 1.27. The molecule has 1 N–H and O–H groups in total. The van der Waals surface area contributed by atoms with Gasteiger partial charge in [-0.3, -0.25) is 0 Å². The Morgan fingerprint density at radius 2 is 2.11 bits per heavy atom. The molecule has 0 aromatic heterocycles. The van der Waals surface area contributed by atoms with Crippen LogP contribution in [0.2, 0.25) is 0 Å². The summed E-state index contributed by atoms with van der Waals surface area (Å²) < 4.78 is 5.45. The Morgan fingerprint density at radius 1 is 1.26 bits per heavy atom. The second kappa shape index (κ2) is 5.54. The average molecular weight is 259 g/mol. The van der Waals surface area contributed by atoms with Crippen LogP contribution >= 0.6 is 0 Å². The van der Waals surface area contributed by atoms with E-state index in [9.17, 15) is 0 Å². The van der Waals surface area contributed by atoms with Gasteiger partial charge in [-0.15, -0.1) is 0 Å². The molecule has 104 valence electrons. The normalized spacial score (nSPS) is 30.5. The van der Waals surface area contributed by atoms with Gasteiger partial charge in [-0.05, 0) is 56.6 Å². The van der Waals surface area contributed by atoms with E-state index in [4.69, 9.17) is 4.74 Å². The van der Waals surface area contributed by atoms with Gasteiger partial charge in [0.05, 0.1) is 7.11 Å². The molecular formula is C17H25NO. The van der Waals surface area contributed by atoms with Gasteiger partial charge >= 0.3 is 0 Å². The van der Waals surface area contributed by atoms with Gasteiger partial charge < -0.3 is 10.1 Å². The summed E-state index contributed by atoms with van der Waals surface area (Å²) in [5, 5.41) is 3.72. The average Bonchev–Trinajstić information content (AvgIpc) is 3.07. The Labute approximate surface area is 116 Å². The fourth-order valence-corrected chi connectivity index (χ4v) is 4.09. The standard InChI is InChI=1S/C17H25NO/c1-12(16-5-3-4-6-17(16)19-2)18-11-15-10-13-7-8-14(15)9-13/h3-6,12-15,18H,7-11H2,1-2H3/t12-,13?,14?,15?/m0/s1. The molecule has 3 unspecified atom stereocenters. The molecule has 0 saturated heterocycles. The summed E-state index contributed by atoms with van der Waals surface area (Å²) in [6.07, 6.45) is 5.91. The lowest BCUT2D eigenvalue weighted by Gasteiger charge is -2.25. The van der Waals surface area contributed by atoms with E-state index in [0.29, 0.717) is 6.04 Å². The third-order valence-corrected chi connectivity index (χ3v) is 5.18. The van der Waals surface area contributed by atoms with Crippen molar-refractivity contribution in [1.82, 2.24) is 5.32 Å². The van der Waals surface area contributed by atoms with E-state index < -0.39 is 0 Å². The topological polar surface area (TPSA) is 21.3 Å². The van der Waals surface area contributed by atoms with Gasteiger partial charge in [0.15, 0.2) is 0 Å². The molecule has 1 aromatic rings. The lowest BCUT2D eigenvalue weighted by molar-refractivity contribution is 0.307. The Balaban J connectivity index is 1.57. The number of fused-ring (bicyclic) bond motifs is 2. The number of rotatable bonds is 5. The highest BCUT2D eigenvalue weighted by Crippen LogP contribution is 2.48. The molecule has 2 aliphatic rings. The number of para-hydroxylation sites is 1. The molecule has 0 spiro atoms. The van der Waals surface area contributed by atoms with Crippen LogP contribution in [0.1, 0.15) is 44.2 Å². The van der Waals surface area contributed by atoms with E-state index in [1.165, 1.54) is 37.8 Å². The van der Waals surface area contributed by atoms with Crippen LogP contribution in [0.5, 0.6) is 5.75 Å². The molecule has 1 aromatic carbocycles. The summed E-state index contributed by atoms with van der Waals surface area (Å²) in [6.45, 7) is 3.41. The van der Waals surface area contributed by atoms with E-state index in [-0.39, 0.29) is 0 Å². The Bertz CT molecular complexity index is 431. The first-order valence-corrected chi connectivity index (χ1v) is 7.64. The first kappa shape index (κ1) is 13.0. The zero-order chi connectivity index (χ0) is 13.2. The first-order valence-electron chi connectivity index (χ1n) is 7.64. The highest BCUT2D eigenvalue weighted by Gasteiger charge is 2.39. The van der Waals surface area contributed by atoms with Gasteiger partial charge in [-0.2, -0.15) is 0 Å². The molecule has 0 heterocycles. The van der Waals surface area contributed by atoms with Crippen molar-refractivity contribution in [3.8, 4) is 5.75 Å². The lowest BCUT2D eigenvalue weighted by Crippen LogP contribution is -2.28. The summed E-state index contributed by atoms with van der Waals surface area (Å²) >= 11 is 0. The van der Waals surface area contributed by atoms with Gasteiger partial charge in [-0.1, -0.05) is 24.6 Å². The zero-order valence-electron chi connectivity index (χ0n) is 12.1. The monoisotopic (exact) mass is 259 g/mol. The molecule has 2 nitrogen and oxygen atoms in total. The van der Waals surface area contributed by atoms with Gasteiger partial charge in [0.25, 0.3) is 0 Å². The zero-order valence-corrected chi connectivity index (χ0v) is 12.1. The molecule has 2 fully saturated rings. The maximum absolute atomic E-state index is 5.45. The van der Waals surface area contributed by atoms with Crippen molar-refractivity contribution < 1.29 is 4.74 Å². The fraction of sp³-hybridized carbons (Fsp3) is 0.647. The van der Waals surface area contributed by atoms with E-state index >= 15 is 0 Å². The Morgan fingerprint density at radius 3 is 2.79 bits per heavy atom. The number of methoxy groups -OCH3 is 1.